The minimum Gasteiger partial charge on any atom is -0.481 e. The summed E-state index contributed by atoms with van der Waals surface area (Å²) in [6, 6.07) is -3.99. The van der Waals surface area contributed by atoms with E-state index in [9.17, 15) is 24.0 Å². The molecule has 0 aromatic rings. The van der Waals surface area contributed by atoms with Gasteiger partial charge in [-0.25, -0.2) is 4.79 Å². The van der Waals surface area contributed by atoms with Gasteiger partial charge in [0.1, 0.15) is 12.1 Å². The lowest BCUT2D eigenvalue weighted by Gasteiger charge is -2.22. The van der Waals surface area contributed by atoms with Gasteiger partial charge in [-0.1, -0.05) is 0 Å². The summed E-state index contributed by atoms with van der Waals surface area (Å²) < 4.78 is 0. The summed E-state index contributed by atoms with van der Waals surface area (Å²) in [6.07, 6.45) is 0.460. The van der Waals surface area contributed by atoms with Crippen molar-refractivity contribution in [1.29, 1.82) is 0 Å². The van der Waals surface area contributed by atoms with E-state index in [2.05, 4.69) is 10.6 Å². The Hall–Kier alpha value is -2.34. The molecule has 12 heteroatoms. The molecule has 0 saturated heterocycles. The van der Waals surface area contributed by atoms with E-state index in [4.69, 9.17) is 21.1 Å². The normalized spacial score (nSPS) is 13.9. The number of aliphatic carboxylic acids is 3. The number of nitrogens with two attached hydrogens (primary N) is 1. The molecule has 0 bridgehead atoms. The summed E-state index contributed by atoms with van der Waals surface area (Å²) in [4.78, 5) is 56.6. The first kappa shape index (κ1) is 23.7. The van der Waals surface area contributed by atoms with E-state index < -0.39 is 60.7 Å². The quantitative estimate of drug-likeness (QED) is 0.213. The van der Waals surface area contributed by atoms with Gasteiger partial charge in [-0.15, -0.1) is 0 Å². The Morgan fingerprint density at radius 3 is 1.96 bits per heavy atom. The van der Waals surface area contributed by atoms with Gasteiger partial charge in [0.25, 0.3) is 0 Å². The van der Waals surface area contributed by atoms with Gasteiger partial charge in [0, 0.05) is 6.42 Å². The SMILES string of the molecule is CSCC[C@H](NC(=O)[C@H](CCC(=O)O)NC(=O)[C@@H](N)CC(=O)O)C(=O)O. The number of carbonyl (C=O) groups excluding carboxylic acids is 2. The molecule has 148 valence electrons. The summed E-state index contributed by atoms with van der Waals surface area (Å²) in [5.74, 6) is -5.17. The molecule has 0 aromatic heterocycles. The molecule has 0 unspecified atom stereocenters. The van der Waals surface area contributed by atoms with Crippen molar-refractivity contribution in [2.75, 3.05) is 12.0 Å². The third-order valence-electron chi connectivity index (χ3n) is 3.24. The third-order valence-corrected chi connectivity index (χ3v) is 3.88. The molecule has 0 aliphatic carbocycles. The lowest BCUT2D eigenvalue weighted by Crippen LogP contribution is -2.54. The van der Waals surface area contributed by atoms with Gasteiger partial charge in [0.2, 0.25) is 11.8 Å². The molecule has 0 spiro atoms. The van der Waals surface area contributed by atoms with Crippen LogP contribution in [-0.2, 0) is 24.0 Å². The Kier molecular flexibility index (Phi) is 11.0. The van der Waals surface area contributed by atoms with E-state index in [0.29, 0.717) is 5.75 Å². The van der Waals surface area contributed by atoms with Gasteiger partial charge in [0.05, 0.1) is 12.5 Å². The van der Waals surface area contributed by atoms with Gasteiger partial charge < -0.3 is 31.7 Å². The van der Waals surface area contributed by atoms with Crippen LogP contribution >= 0.6 is 11.8 Å². The number of rotatable bonds is 13. The molecule has 0 rings (SSSR count). The predicted molar refractivity (Wildman–Crippen MR) is 91.6 cm³/mol. The number of hydrogen-bond donors (Lipinski definition) is 6. The average Bonchev–Trinajstić information content (AvgIpc) is 2.53. The van der Waals surface area contributed by atoms with Crippen LogP contribution in [0.2, 0.25) is 0 Å². The van der Waals surface area contributed by atoms with Crippen molar-refractivity contribution >= 4 is 41.5 Å². The summed E-state index contributed by atoms with van der Waals surface area (Å²) in [5.41, 5.74) is 5.40. The van der Waals surface area contributed by atoms with Crippen LogP contribution in [0.5, 0.6) is 0 Å². The van der Waals surface area contributed by atoms with E-state index in [1.165, 1.54) is 11.8 Å². The number of amides is 2. The minimum absolute atomic E-state index is 0.139. The molecular formula is C14H23N3O8S. The van der Waals surface area contributed by atoms with E-state index in [-0.39, 0.29) is 12.8 Å². The lowest BCUT2D eigenvalue weighted by atomic mass is 10.1. The highest BCUT2D eigenvalue weighted by atomic mass is 32.2. The Morgan fingerprint density at radius 2 is 1.50 bits per heavy atom. The van der Waals surface area contributed by atoms with E-state index >= 15 is 0 Å². The van der Waals surface area contributed by atoms with Gasteiger partial charge in [-0.2, -0.15) is 11.8 Å². The highest BCUT2D eigenvalue weighted by Gasteiger charge is 2.28. The van der Waals surface area contributed by atoms with Crippen molar-refractivity contribution in [3.63, 3.8) is 0 Å². The summed E-state index contributed by atoms with van der Waals surface area (Å²) in [6.45, 7) is 0. The highest BCUT2D eigenvalue weighted by Crippen LogP contribution is 2.04. The molecule has 3 atom stereocenters. The van der Waals surface area contributed by atoms with Crippen molar-refractivity contribution in [2.24, 2.45) is 5.73 Å². The highest BCUT2D eigenvalue weighted by molar-refractivity contribution is 7.98. The molecule has 0 radical (unpaired) electrons. The Balaban J connectivity index is 5.05. The summed E-state index contributed by atoms with van der Waals surface area (Å²) in [7, 11) is 0. The van der Waals surface area contributed by atoms with Crippen molar-refractivity contribution in [2.45, 2.75) is 43.8 Å². The topological polar surface area (TPSA) is 196 Å². The molecule has 0 saturated carbocycles. The van der Waals surface area contributed by atoms with Gasteiger partial charge in [0.15, 0.2) is 0 Å². The number of hydrogen-bond acceptors (Lipinski definition) is 7. The number of carboxylic acids is 3. The zero-order valence-electron chi connectivity index (χ0n) is 14.1. The molecule has 0 aromatic carbocycles. The first-order valence-electron chi connectivity index (χ1n) is 7.60. The van der Waals surface area contributed by atoms with E-state index in [1.54, 1.807) is 6.26 Å². The smallest absolute Gasteiger partial charge is 0.326 e. The lowest BCUT2D eigenvalue weighted by molar-refractivity contribution is -0.143. The second kappa shape index (κ2) is 12.1. The summed E-state index contributed by atoms with van der Waals surface area (Å²) >= 11 is 1.38. The van der Waals surface area contributed by atoms with Crippen molar-refractivity contribution in [1.82, 2.24) is 10.6 Å². The fourth-order valence-electron chi connectivity index (χ4n) is 1.86. The molecule has 0 heterocycles. The van der Waals surface area contributed by atoms with Crippen LogP contribution in [0.3, 0.4) is 0 Å². The Bertz CT molecular complexity index is 542. The zero-order chi connectivity index (χ0) is 20.3. The van der Waals surface area contributed by atoms with Crippen LogP contribution in [-0.4, -0.2) is 75.2 Å². The van der Waals surface area contributed by atoms with Crippen LogP contribution in [0.25, 0.3) is 0 Å². The monoisotopic (exact) mass is 393 g/mol. The van der Waals surface area contributed by atoms with Gasteiger partial charge >= 0.3 is 17.9 Å². The van der Waals surface area contributed by atoms with Crippen molar-refractivity contribution < 1.29 is 39.3 Å². The number of carbonyl (C=O) groups is 5. The van der Waals surface area contributed by atoms with Crippen molar-refractivity contribution in [3.05, 3.63) is 0 Å². The maximum absolute atomic E-state index is 12.3. The molecule has 0 fully saturated rings. The van der Waals surface area contributed by atoms with Crippen LogP contribution in [0.4, 0.5) is 0 Å². The van der Waals surface area contributed by atoms with E-state index in [0.717, 1.165) is 0 Å². The van der Waals surface area contributed by atoms with Crippen molar-refractivity contribution in [3.8, 4) is 0 Å². The fourth-order valence-corrected chi connectivity index (χ4v) is 2.33. The maximum atomic E-state index is 12.3. The van der Waals surface area contributed by atoms with Crippen LogP contribution in [0.1, 0.15) is 25.7 Å². The van der Waals surface area contributed by atoms with Crippen LogP contribution in [0, 0.1) is 0 Å². The first-order chi connectivity index (χ1) is 12.1. The summed E-state index contributed by atoms with van der Waals surface area (Å²) in [5, 5.41) is 30.9. The second-order valence-electron chi connectivity index (χ2n) is 5.38. The second-order valence-corrected chi connectivity index (χ2v) is 6.36. The molecular weight excluding hydrogens is 370 g/mol. The molecule has 11 nitrogen and oxygen atoms in total. The fraction of sp³-hybridized carbons (Fsp3) is 0.643. The number of carboxylic acid groups (broad SMARTS) is 3. The predicted octanol–water partition coefficient (Wildman–Crippen LogP) is -1.54. The molecule has 26 heavy (non-hydrogen) atoms. The molecule has 0 aliphatic heterocycles. The molecule has 2 amide bonds. The standard InChI is InChI=1S/C14H23N3O8S/c1-26-5-4-9(14(24)25)17-13(23)8(2-3-10(18)19)16-12(22)7(15)6-11(20)21/h7-9H,2-6,15H2,1H3,(H,16,22)(H,17,23)(H,18,19)(H,20,21)(H,24,25)/t7-,8-,9-/m0/s1. The number of nitrogens with one attached hydrogen (secondary N) is 2. The number of thioether (sulfide) groups is 1. The molecule has 7 N–H and O–H groups in total. The van der Waals surface area contributed by atoms with Crippen LogP contribution < -0.4 is 16.4 Å². The molecule has 0 aliphatic rings. The first-order valence-corrected chi connectivity index (χ1v) is 8.99. The largest absolute Gasteiger partial charge is 0.481 e. The Morgan fingerprint density at radius 1 is 0.923 bits per heavy atom. The van der Waals surface area contributed by atoms with Crippen LogP contribution in [0.15, 0.2) is 0 Å². The minimum atomic E-state index is -1.43. The van der Waals surface area contributed by atoms with E-state index in [1.807, 2.05) is 0 Å². The maximum Gasteiger partial charge on any atom is 0.326 e. The third kappa shape index (κ3) is 9.84. The van der Waals surface area contributed by atoms with Gasteiger partial charge in [-0.05, 0) is 24.9 Å². The average molecular weight is 393 g/mol. The Labute approximate surface area is 153 Å². The zero-order valence-corrected chi connectivity index (χ0v) is 15.0. The van der Waals surface area contributed by atoms with Gasteiger partial charge in [-0.3, -0.25) is 19.2 Å².